The molecule has 0 saturated carbocycles. The highest BCUT2D eigenvalue weighted by atomic mass is 16.5. The van der Waals surface area contributed by atoms with Crippen LogP contribution in [-0.4, -0.2) is 67.7 Å². The Morgan fingerprint density at radius 2 is 1.79 bits per heavy atom. The van der Waals surface area contributed by atoms with Gasteiger partial charge in [0.05, 0.1) is 6.61 Å². The van der Waals surface area contributed by atoms with Crippen LogP contribution in [0.3, 0.4) is 0 Å². The maximum absolute atomic E-state index is 13.1. The Balaban J connectivity index is 1.19. The molecule has 3 aliphatic rings. The SMILES string of the molecule is CC1(C(=O)NC2CCN(CC3CCOC3)CC2)CCN(Cc2ccccc2)CC1. The number of amides is 1. The number of nitrogens with one attached hydrogen (secondary N) is 1. The van der Waals surface area contributed by atoms with E-state index in [0.29, 0.717) is 12.0 Å². The van der Waals surface area contributed by atoms with Crippen molar-refractivity contribution in [1.29, 1.82) is 0 Å². The summed E-state index contributed by atoms with van der Waals surface area (Å²) in [6.45, 7) is 10.4. The Hall–Kier alpha value is -1.43. The summed E-state index contributed by atoms with van der Waals surface area (Å²) in [7, 11) is 0. The number of carbonyl (C=O) groups is 1. The minimum atomic E-state index is -0.217. The number of hydrogen-bond acceptors (Lipinski definition) is 4. The van der Waals surface area contributed by atoms with Crippen LogP contribution in [0.15, 0.2) is 30.3 Å². The van der Waals surface area contributed by atoms with E-state index in [-0.39, 0.29) is 11.3 Å². The predicted octanol–water partition coefficient (Wildman–Crippen LogP) is 2.91. The lowest BCUT2D eigenvalue weighted by molar-refractivity contribution is -0.134. The van der Waals surface area contributed by atoms with Gasteiger partial charge in [-0.25, -0.2) is 0 Å². The number of benzene rings is 1. The van der Waals surface area contributed by atoms with Crippen LogP contribution < -0.4 is 5.32 Å². The predicted molar refractivity (Wildman–Crippen MR) is 116 cm³/mol. The normalized spacial score (nSPS) is 26.4. The van der Waals surface area contributed by atoms with Crippen molar-refractivity contribution in [3.63, 3.8) is 0 Å². The van der Waals surface area contributed by atoms with Gasteiger partial charge >= 0.3 is 0 Å². The molecule has 1 aromatic carbocycles. The zero-order valence-corrected chi connectivity index (χ0v) is 17.9. The highest BCUT2D eigenvalue weighted by molar-refractivity contribution is 5.82. The number of carbonyl (C=O) groups excluding carboxylic acids is 1. The van der Waals surface area contributed by atoms with Crippen molar-refractivity contribution in [3.05, 3.63) is 35.9 Å². The molecule has 5 heteroatoms. The molecule has 3 aliphatic heterocycles. The fraction of sp³-hybridized carbons (Fsp3) is 0.708. The van der Waals surface area contributed by atoms with Crippen LogP contribution in [0.1, 0.15) is 44.6 Å². The molecule has 0 aliphatic carbocycles. The molecular weight excluding hydrogens is 362 g/mol. The summed E-state index contributed by atoms with van der Waals surface area (Å²) in [5.41, 5.74) is 1.14. The second kappa shape index (κ2) is 9.59. The van der Waals surface area contributed by atoms with Gasteiger partial charge in [-0.05, 0) is 56.7 Å². The van der Waals surface area contributed by atoms with E-state index in [4.69, 9.17) is 4.74 Å². The maximum atomic E-state index is 13.1. The molecule has 0 spiro atoms. The summed E-state index contributed by atoms with van der Waals surface area (Å²) in [6, 6.07) is 11.0. The summed E-state index contributed by atoms with van der Waals surface area (Å²) in [6.07, 6.45) is 5.26. The fourth-order valence-corrected chi connectivity index (χ4v) is 4.99. The second-order valence-electron chi connectivity index (χ2n) is 9.60. The third-order valence-corrected chi connectivity index (χ3v) is 7.22. The molecule has 160 valence electrons. The minimum absolute atomic E-state index is 0.217. The van der Waals surface area contributed by atoms with Gasteiger partial charge in [0.2, 0.25) is 5.91 Å². The molecule has 1 atom stereocenters. The van der Waals surface area contributed by atoms with E-state index in [0.717, 1.165) is 78.2 Å². The van der Waals surface area contributed by atoms with Gasteiger partial charge < -0.3 is 15.0 Å². The lowest BCUT2D eigenvalue weighted by atomic mass is 9.79. The quantitative estimate of drug-likeness (QED) is 0.799. The molecule has 1 aromatic rings. The first-order valence-electron chi connectivity index (χ1n) is 11.5. The van der Waals surface area contributed by atoms with Crippen LogP contribution in [-0.2, 0) is 16.1 Å². The molecule has 3 heterocycles. The molecule has 29 heavy (non-hydrogen) atoms. The zero-order valence-electron chi connectivity index (χ0n) is 17.9. The Morgan fingerprint density at radius 3 is 2.45 bits per heavy atom. The minimum Gasteiger partial charge on any atom is -0.381 e. The summed E-state index contributed by atoms with van der Waals surface area (Å²) in [4.78, 5) is 18.1. The highest BCUT2D eigenvalue weighted by Gasteiger charge is 2.38. The molecule has 0 bridgehead atoms. The topological polar surface area (TPSA) is 44.8 Å². The smallest absolute Gasteiger partial charge is 0.226 e. The Morgan fingerprint density at radius 1 is 1.07 bits per heavy atom. The molecule has 3 fully saturated rings. The summed E-state index contributed by atoms with van der Waals surface area (Å²) in [5, 5.41) is 3.40. The monoisotopic (exact) mass is 399 g/mol. The number of piperidine rings is 2. The summed E-state index contributed by atoms with van der Waals surface area (Å²) in [5.74, 6) is 0.987. The van der Waals surface area contributed by atoms with E-state index in [1.54, 1.807) is 0 Å². The summed E-state index contributed by atoms with van der Waals surface area (Å²) >= 11 is 0. The van der Waals surface area contributed by atoms with Gasteiger partial charge in [-0.15, -0.1) is 0 Å². The zero-order chi connectivity index (χ0) is 20.1. The number of ether oxygens (including phenoxy) is 1. The van der Waals surface area contributed by atoms with Gasteiger partial charge in [-0.1, -0.05) is 37.3 Å². The van der Waals surface area contributed by atoms with E-state index < -0.39 is 0 Å². The average Bonchev–Trinajstić information content (AvgIpc) is 3.25. The van der Waals surface area contributed by atoms with Gasteiger partial charge in [-0.3, -0.25) is 9.69 Å². The van der Waals surface area contributed by atoms with Gasteiger partial charge in [0.15, 0.2) is 0 Å². The largest absolute Gasteiger partial charge is 0.381 e. The van der Waals surface area contributed by atoms with Crippen molar-refractivity contribution < 1.29 is 9.53 Å². The van der Waals surface area contributed by atoms with Crippen molar-refractivity contribution >= 4 is 5.91 Å². The van der Waals surface area contributed by atoms with Crippen LogP contribution in [0.4, 0.5) is 0 Å². The van der Waals surface area contributed by atoms with E-state index in [1.165, 1.54) is 12.0 Å². The van der Waals surface area contributed by atoms with Crippen molar-refractivity contribution in [2.75, 3.05) is 45.9 Å². The van der Waals surface area contributed by atoms with Crippen LogP contribution in [0.5, 0.6) is 0 Å². The molecule has 5 nitrogen and oxygen atoms in total. The van der Waals surface area contributed by atoms with E-state index in [9.17, 15) is 4.79 Å². The first-order valence-corrected chi connectivity index (χ1v) is 11.5. The molecule has 3 saturated heterocycles. The molecular formula is C24H37N3O2. The second-order valence-corrected chi connectivity index (χ2v) is 9.60. The van der Waals surface area contributed by atoms with Gasteiger partial charge in [0.25, 0.3) is 0 Å². The number of rotatable bonds is 6. The van der Waals surface area contributed by atoms with Crippen LogP contribution in [0.25, 0.3) is 0 Å². The summed E-state index contributed by atoms with van der Waals surface area (Å²) < 4.78 is 5.50. The van der Waals surface area contributed by atoms with E-state index >= 15 is 0 Å². The molecule has 1 unspecified atom stereocenters. The average molecular weight is 400 g/mol. The molecule has 1 N–H and O–H groups in total. The number of hydrogen-bond donors (Lipinski definition) is 1. The first-order chi connectivity index (χ1) is 14.1. The Kier molecular flexibility index (Phi) is 6.88. The van der Waals surface area contributed by atoms with Gasteiger partial charge in [-0.2, -0.15) is 0 Å². The number of likely N-dealkylation sites (tertiary alicyclic amines) is 2. The van der Waals surface area contributed by atoms with Crippen molar-refractivity contribution in [2.24, 2.45) is 11.3 Å². The maximum Gasteiger partial charge on any atom is 0.226 e. The van der Waals surface area contributed by atoms with E-state index in [2.05, 4.69) is 52.4 Å². The fourth-order valence-electron chi connectivity index (χ4n) is 4.99. The van der Waals surface area contributed by atoms with E-state index in [1.807, 2.05) is 0 Å². The molecule has 0 radical (unpaired) electrons. The van der Waals surface area contributed by atoms with Gasteiger partial charge in [0.1, 0.15) is 0 Å². The molecule has 4 rings (SSSR count). The Bertz CT molecular complexity index is 643. The molecule has 1 amide bonds. The third kappa shape index (κ3) is 5.59. The standard InChI is InChI=1S/C24H37N3O2/c1-24(10-14-27(15-11-24)17-20-5-3-2-4-6-20)23(28)25-22-7-12-26(13-8-22)18-21-9-16-29-19-21/h2-6,21-22H,7-19H2,1H3,(H,25,28). The first kappa shape index (κ1) is 20.8. The Labute approximate surface area is 175 Å². The lowest BCUT2D eigenvalue weighted by Crippen LogP contribution is -2.52. The van der Waals surface area contributed by atoms with Crippen LogP contribution in [0, 0.1) is 11.3 Å². The van der Waals surface area contributed by atoms with Crippen LogP contribution in [0.2, 0.25) is 0 Å². The lowest BCUT2D eigenvalue weighted by Gasteiger charge is -2.40. The van der Waals surface area contributed by atoms with Crippen LogP contribution >= 0.6 is 0 Å². The third-order valence-electron chi connectivity index (χ3n) is 7.22. The van der Waals surface area contributed by atoms with Crippen molar-refractivity contribution in [3.8, 4) is 0 Å². The van der Waals surface area contributed by atoms with Gasteiger partial charge in [0, 0.05) is 44.2 Å². The highest BCUT2D eigenvalue weighted by Crippen LogP contribution is 2.32. The van der Waals surface area contributed by atoms with Crippen molar-refractivity contribution in [1.82, 2.24) is 15.1 Å². The molecule has 0 aromatic heterocycles. The number of nitrogens with zero attached hydrogens (tertiary/aromatic N) is 2. The van der Waals surface area contributed by atoms with Crippen molar-refractivity contribution in [2.45, 2.75) is 51.6 Å².